The summed E-state index contributed by atoms with van der Waals surface area (Å²) < 4.78 is 29.1. The van der Waals surface area contributed by atoms with Crippen LogP contribution in [0.15, 0.2) is 82.7 Å². The third-order valence-electron chi connectivity index (χ3n) is 4.86. The molecule has 1 atom stereocenters. The maximum absolute atomic E-state index is 14.6. The Labute approximate surface area is 187 Å². The molecule has 0 spiro atoms. The number of carbonyl (C=O) groups is 1. The molecule has 0 aliphatic rings. The molecule has 1 aromatic heterocycles. The molecule has 0 radical (unpaired) electrons. The number of carbonyl (C=O) groups excluding carboxylic acids is 1. The van der Waals surface area contributed by atoms with Crippen LogP contribution in [0.2, 0.25) is 0 Å². The summed E-state index contributed by atoms with van der Waals surface area (Å²) in [5.41, 5.74) is 0.748. The fourth-order valence-corrected chi connectivity index (χ4v) is 4.15. The van der Waals surface area contributed by atoms with E-state index in [4.69, 9.17) is 0 Å². The minimum absolute atomic E-state index is 0.131. The quantitative estimate of drug-likeness (QED) is 0.347. The monoisotopic (exact) mass is 451 g/mol. The number of aromatic nitrogens is 2. The molecule has 1 amide bonds. The Bertz CT molecular complexity index is 1340. The van der Waals surface area contributed by atoms with Crippen LogP contribution >= 0.6 is 11.8 Å². The highest BCUT2D eigenvalue weighted by Gasteiger charge is 2.21. The first kappa shape index (κ1) is 21.7. The Balaban J connectivity index is 1.69. The first-order valence-corrected chi connectivity index (χ1v) is 10.8. The van der Waals surface area contributed by atoms with Gasteiger partial charge in [0.25, 0.3) is 5.56 Å². The third kappa shape index (κ3) is 4.55. The van der Waals surface area contributed by atoms with Crippen molar-refractivity contribution in [3.8, 4) is 5.69 Å². The van der Waals surface area contributed by atoms with Crippen molar-refractivity contribution in [1.29, 1.82) is 0 Å². The lowest BCUT2D eigenvalue weighted by Crippen LogP contribution is -2.31. The number of hydrogen-bond acceptors (Lipinski definition) is 4. The lowest BCUT2D eigenvalue weighted by atomic mass is 10.2. The first-order valence-electron chi connectivity index (χ1n) is 9.89. The second kappa shape index (κ2) is 9.32. The highest BCUT2D eigenvalue weighted by atomic mass is 32.2. The number of benzene rings is 3. The van der Waals surface area contributed by atoms with Gasteiger partial charge < -0.3 is 5.32 Å². The van der Waals surface area contributed by atoms with E-state index in [0.717, 1.165) is 28.0 Å². The van der Waals surface area contributed by atoms with Gasteiger partial charge in [-0.15, -0.1) is 0 Å². The SMILES string of the molecule is CC(Sc1nc2ccccc2c(=O)n1-c1ccc(F)cc1F)C(=O)NCc1ccccc1. The van der Waals surface area contributed by atoms with Gasteiger partial charge in [-0.25, -0.2) is 13.8 Å². The normalized spacial score (nSPS) is 12.0. The molecule has 0 aliphatic heterocycles. The van der Waals surface area contributed by atoms with Crippen LogP contribution in [0, 0.1) is 11.6 Å². The average Bonchev–Trinajstić information content (AvgIpc) is 2.79. The summed E-state index contributed by atoms with van der Waals surface area (Å²) in [6.07, 6.45) is 0. The van der Waals surface area contributed by atoms with Crippen molar-refractivity contribution in [3.05, 3.63) is 100 Å². The summed E-state index contributed by atoms with van der Waals surface area (Å²) in [7, 11) is 0. The molecule has 0 saturated heterocycles. The lowest BCUT2D eigenvalue weighted by Gasteiger charge is -2.17. The zero-order valence-corrected chi connectivity index (χ0v) is 17.9. The maximum atomic E-state index is 14.6. The smallest absolute Gasteiger partial charge is 0.266 e. The maximum Gasteiger partial charge on any atom is 0.266 e. The topological polar surface area (TPSA) is 64.0 Å². The molecule has 3 aromatic carbocycles. The van der Waals surface area contributed by atoms with Crippen LogP contribution in [-0.2, 0) is 11.3 Å². The number of nitrogens with zero attached hydrogens (tertiary/aromatic N) is 2. The molecule has 4 rings (SSSR count). The molecule has 4 aromatic rings. The van der Waals surface area contributed by atoms with Crippen LogP contribution in [0.1, 0.15) is 12.5 Å². The number of halogens is 2. The number of rotatable bonds is 6. The van der Waals surface area contributed by atoms with Crippen molar-refractivity contribution in [2.75, 3.05) is 0 Å². The van der Waals surface area contributed by atoms with E-state index in [1.54, 1.807) is 31.2 Å². The van der Waals surface area contributed by atoms with Gasteiger partial charge in [0.2, 0.25) is 5.91 Å². The van der Waals surface area contributed by atoms with Crippen LogP contribution in [0.5, 0.6) is 0 Å². The summed E-state index contributed by atoms with van der Waals surface area (Å²) in [4.78, 5) is 30.4. The van der Waals surface area contributed by atoms with E-state index in [1.165, 1.54) is 6.07 Å². The van der Waals surface area contributed by atoms with Crippen LogP contribution in [0.25, 0.3) is 16.6 Å². The molecule has 1 unspecified atom stereocenters. The number of amides is 1. The molecule has 5 nitrogen and oxygen atoms in total. The number of fused-ring (bicyclic) bond motifs is 1. The van der Waals surface area contributed by atoms with Crippen molar-refractivity contribution in [3.63, 3.8) is 0 Å². The standard InChI is InChI=1S/C24H19F2N3O2S/c1-15(22(30)27-14-16-7-3-2-4-8-16)32-24-28-20-10-6-5-9-18(20)23(31)29(24)21-12-11-17(25)13-19(21)26/h2-13,15H,14H2,1H3,(H,27,30). The Hall–Kier alpha value is -3.52. The van der Waals surface area contributed by atoms with Gasteiger partial charge in [-0.3, -0.25) is 14.2 Å². The summed E-state index contributed by atoms with van der Waals surface area (Å²) >= 11 is 1.03. The minimum atomic E-state index is -0.896. The number of hydrogen-bond donors (Lipinski definition) is 1. The number of para-hydroxylation sites is 1. The first-order chi connectivity index (χ1) is 15.4. The third-order valence-corrected chi connectivity index (χ3v) is 5.91. The predicted molar refractivity (Wildman–Crippen MR) is 121 cm³/mol. The van der Waals surface area contributed by atoms with E-state index < -0.39 is 22.4 Å². The molecule has 32 heavy (non-hydrogen) atoms. The average molecular weight is 451 g/mol. The van der Waals surface area contributed by atoms with E-state index in [9.17, 15) is 18.4 Å². The van der Waals surface area contributed by atoms with Gasteiger partial charge in [-0.05, 0) is 36.8 Å². The molecular weight excluding hydrogens is 432 g/mol. The van der Waals surface area contributed by atoms with E-state index in [2.05, 4.69) is 10.3 Å². The second-order valence-electron chi connectivity index (χ2n) is 7.11. The van der Waals surface area contributed by atoms with Crippen molar-refractivity contribution in [2.45, 2.75) is 23.9 Å². The molecule has 0 aliphatic carbocycles. The van der Waals surface area contributed by atoms with Crippen molar-refractivity contribution in [2.24, 2.45) is 0 Å². The van der Waals surface area contributed by atoms with E-state index in [0.29, 0.717) is 23.5 Å². The molecular formula is C24H19F2N3O2S. The van der Waals surface area contributed by atoms with E-state index >= 15 is 0 Å². The van der Waals surface area contributed by atoms with Gasteiger partial charge in [-0.1, -0.05) is 54.2 Å². The lowest BCUT2D eigenvalue weighted by molar-refractivity contribution is -0.120. The van der Waals surface area contributed by atoms with Crippen molar-refractivity contribution >= 4 is 28.6 Å². The molecule has 0 fully saturated rings. The van der Waals surface area contributed by atoms with Crippen LogP contribution < -0.4 is 10.9 Å². The minimum Gasteiger partial charge on any atom is -0.351 e. The van der Waals surface area contributed by atoms with Gasteiger partial charge in [0.1, 0.15) is 11.6 Å². The predicted octanol–water partition coefficient (Wildman–Crippen LogP) is 4.46. The van der Waals surface area contributed by atoms with Gasteiger partial charge in [-0.2, -0.15) is 0 Å². The van der Waals surface area contributed by atoms with E-state index in [1.807, 2.05) is 30.3 Å². The molecule has 0 saturated carbocycles. The second-order valence-corrected chi connectivity index (χ2v) is 8.42. The summed E-state index contributed by atoms with van der Waals surface area (Å²) in [6, 6.07) is 19.1. The van der Waals surface area contributed by atoms with Crippen LogP contribution in [0.4, 0.5) is 8.78 Å². The Morgan fingerprint density at radius 1 is 1.06 bits per heavy atom. The molecule has 0 bridgehead atoms. The number of thioether (sulfide) groups is 1. The fourth-order valence-electron chi connectivity index (χ4n) is 3.21. The summed E-state index contributed by atoms with van der Waals surface area (Å²) in [5.74, 6) is -1.91. The van der Waals surface area contributed by atoms with Gasteiger partial charge >= 0.3 is 0 Å². The fraction of sp³-hybridized carbons (Fsp3) is 0.125. The molecule has 1 N–H and O–H groups in total. The van der Waals surface area contributed by atoms with Crippen molar-refractivity contribution in [1.82, 2.24) is 14.9 Å². The largest absolute Gasteiger partial charge is 0.351 e. The highest BCUT2D eigenvalue weighted by Crippen LogP contribution is 2.26. The Kier molecular flexibility index (Phi) is 6.32. The summed E-state index contributed by atoms with van der Waals surface area (Å²) in [6.45, 7) is 2.03. The molecule has 8 heteroatoms. The van der Waals surface area contributed by atoms with Gasteiger partial charge in [0.15, 0.2) is 5.16 Å². The van der Waals surface area contributed by atoms with Crippen LogP contribution in [0.3, 0.4) is 0 Å². The summed E-state index contributed by atoms with van der Waals surface area (Å²) in [5, 5.41) is 2.66. The highest BCUT2D eigenvalue weighted by molar-refractivity contribution is 8.00. The van der Waals surface area contributed by atoms with Gasteiger partial charge in [0, 0.05) is 12.6 Å². The molecule has 162 valence electrons. The Morgan fingerprint density at radius 2 is 1.78 bits per heavy atom. The zero-order chi connectivity index (χ0) is 22.7. The zero-order valence-electron chi connectivity index (χ0n) is 17.1. The van der Waals surface area contributed by atoms with E-state index in [-0.39, 0.29) is 16.8 Å². The molecule has 1 heterocycles. The van der Waals surface area contributed by atoms with Crippen LogP contribution in [-0.4, -0.2) is 20.7 Å². The Morgan fingerprint density at radius 3 is 2.53 bits per heavy atom. The van der Waals surface area contributed by atoms with Crippen molar-refractivity contribution < 1.29 is 13.6 Å². The number of nitrogens with one attached hydrogen (secondary N) is 1. The van der Waals surface area contributed by atoms with Gasteiger partial charge in [0.05, 0.1) is 21.8 Å².